The summed E-state index contributed by atoms with van der Waals surface area (Å²) >= 11 is 0. The smallest absolute Gasteiger partial charge is 0.271 e. The molecule has 0 aliphatic carbocycles. The number of hydrogen-bond acceptors (Lipinski definition) is 4. The molecule has 5 heteroatoms. The van der Waals surface area contributed by atoms with Gasteiger partial charge in [-0.15, -0.1) is 0 Å². The van der Waals surface area contributed by atoms with Crippen molar-refractivity contribution >= 4 is 22.9 Å². The van der Waals surface area contributed by atoms with Gasteiger partial charge in [0.25, 0.3) is 5.91 Å². The summed E-state index contributed by atoms with van der Waals surface area (Å²) in [5.41, 5.74) is 5.06. The predicted molar refractivity (Wildman–Crippen MR) is 127 cm³/mol. The number of amides is 1. The van der Waals surface area contributed by atoms with Crippen molar-refractivity contribution in [2.45, 2.75) is 13.5 Å². The quantitative estimate of drug-likeness (QED) is 0.297. The van der Waals surface area contributed by atoms with E-state index in [1.807, 2.05) is 91.9 Å². The van der Waals surface area contributed by atoms with E-state index in [4.69, 9.17) is 9.47 Å². The Labute approximate surface area is 187 Å². The van der Waals surface area contributed by atoms with E-state index in [0.29, 0.717) is 30.3 Å². The number of hydrogen-bond donors (Lipinski definition) is 1. The van der Waals surface area contributed by atoms with Crippen LogP contribution in [0.3, 0.4) is 0 Å². The summed E-state index contributed by atoms with van der Waals surface area (Å²) < 4.78 is 11.7. The highest BCUT2D eigenvalue weighted by Gasteiger charge is 2.09. The van der Waals surface area contributed by atoms with Gasteiger partial charge in [-0.2, -0.15) is 5.10 Å². The van der Waals surface area contributed by atoms with Crippen LogP contribution in [0.15, 0.2) is 96.1 Å². The Kier molecular flexibility index (Phi) is 6.78. The first-order valence-electron chi connectivity index (χ1n) is 10.5. The summed E-state index contributed by atoms with van der Waals surface area (Å²) in [6.07, 6.45) is 1.59. The Morgan fingerprint density at radius 3 is 2.50 bits per heavy atom. The number of rotatable bonds is 8. The van der Waals surface area contributed by atoms with Crippen molar-refractivity contribution in [3.63, 3.8) is 0 Å². The fourth-order valence-corrected chi connectivity index (χ4v) is 3.38. The minimum atomic E-state index is -0.258. The van der Waals surface area contributed by atoms with Crippen LogP contribution < -0.4 is 14.9 Å². The maximum Gasteiger partial charge on any atom is 0.271 e. The molecule has 0 aliphatic heterocycles. The van der Waals surface area contributed by atoms with Crippen molar-refractivity contribution in [1.29, 1.82) is 0 Å². The molecule has 4 aromatic rings. The second-order valence-corrected chi connectivity index (χ2v) is 7.14. The maximum absolute atomic E-state index is 12.6. The molecule has 32 heavy (non-hydrogen) atoms. The van der Waals surface area contributed by atoms with E-state index >= 15 is 0 Å². The molecule has 1 amide bonds. The van der Waals surface area contributed by atoms with E-state index < -0.39 is 0 Å². The average molecular weight is 425 g/mol. The van der Waals surface area contributed by atoms with Gasteiger partial charge >= 0.3 is 0 Å². The molecule has 0 saturated carbocycles. The highest BCUT2D eigenvalue weighted by atomic mass is 16.5. The first-order valence-corrected chi connectivity index (χ1v) is 10.5. The molecule has 4 rings (SSSR count). The van der Waals surface area contributed by atoms with Crippen LogP contribution in [0.2, 0.25) is 0 Å². The van der Waals surface area contributed by atoms with E-state index in [1.165, 1.54) is 0 Å². The number of carbonyl (C=O) groups excluding carboxylic acids is 1. The lowest BCUT2D eigenvalue weighted by molar-refractivity contribution is 0.0957. The molecule has 0 atom stereocenters. The Balaban J connectivity index is 1.45. The summed E-state index contributed by atoms with van der Waals surface area (Å²) in [6.45, 7) is 2.89. The Hall–Kier alpha value is -4.12. The van der Waals surface area contributed by atoms with Crippen LogP contribution in [0.1, 0.15) is 28.4 Å². The van der Waals surface area contributed by atoms with E-state index in [1.54, 1.807) is 12.3 Å². The molecule has 4 aromatic carbocycles. The fraction of sp³-hybridized carbons (Fsp3) is 0.111. The summed E-state index contributed by atoms with van der Waals surface area (Å²) in [5.74, 6) is 1.03. The Morgan fingerprint density at radius 1 is 0.875 bits per heavy atom. The lowest BCUT2D eigenvalue weighted by Gasteiger charge is -2.12. The number of hydrazone groups is 1. The lowest BCUT2D eigenvalue weighted by atomic mass is 10.0. The Bertz CT molecular complexity index is 1230. The van der Waals surface area contributed by atoms with Crippen LogP contribution >= 0.6 is 0 Å². The van der Waals surface area contributed by atoms with E-state index in [9.17, 15) is 4.79 Å². The topological polar surface area (TPSA) is 59.9 Å². The maximum atomic E-state index is 12.6. The predicted octanol–water partition coefficient (Wildman–Crippen LogP) is 5.58. The monoisotopic (exact) mass is 424 g/mol. The summed E-state index contributed by atoms with van der Waals surface area (Å²) in [5, 5.41) is 6.03. The van der Waals surface area contributed by atoms with Crippen molar-refractivity contribution < 1.29 is 14.3 Å². The zero-order valence-electron chi connectivity index (χ0n) is 17.8. The normalized spacial score (nSPS) is 10.9. The van der Waals surface area contributed by atoms with E-state index in [0.717, 1.165) is 21.9 Å². The SMILES string of the molecule is CCOc1cc(/C=N\NC(=O)c2cccc3ccccc23)ccc1OCc1ccccc1. The molecule has 0 radical (unpaired) electrons. The van der Waals surface area contributed by atoms with Gasteiger partial charge < -0.3 is 9.47 Å². The summed E-state index contributed by atoms with van der Waals surface area (Å²) in [4.78, 5) is 12.6. The number of benzene rings is 4. The third-order valence-corrected chi connectivity index (χ3v) is 4.92. The van der Waals surface area contributed by atoms with Crippen LogP contribution in [-0.4, -0.2) is 18.7 Å². The fourth-order valence-electron chi connectivity index (χ4n) is 3.38. The third kappa shape index (κ3) is 5.13. The average Bonchev–Trinajstić information content (AvgIpc) is 2.84. The van der Waals surface area contributed by atoms with Gasteiger partial charge in [-0.3, -0.25) is 4.79 Å². The zero-order chi connectivity index (χ0) is 22.2. The van der Waals surface area contributed by atoms with Gasteiger partial charge in [0.05, 0.1) is 12.8 Å². The van der Waals surface area contributed by atoms with Gasteiger partial charge in [0.15, 0.2) is 11.5 Å². The van der Waals surface area contributed by atoms with Crippen molar-refractivity contribution in [3.05, 3.63) is 108 Å². The van der Waals surface area contributed by atoms with E-state index in [2.05, 4.69) is 10.5 Å². The van der Waals surface area contributed by atoms with Gasteiger partial charge in [-0.25, -0.2) is 5.43 Å². The van der Waals surface area contributed by atoms with Gasteiger partial charge in [0, 0.05) is 5.56 Å². The van der Waals surface area contributed by atoms with Gasteiger partial charge in [-0.05, 0) is 53.1 Å². The molecular weight excluding hydrogens is 400 g/mol. The first kappa shape index (κ1) is 21.1. The molecular formula is C27H24N2O3. The molecule has 0 bridgehead atoms. The first-order chi connectivity index (χ1) is 15.7. The molecule has 0 heterocycles. The second kappa shape index (κ2) is 10.3. The molecule has 5 nitrogen and oxygen atoms in total. The van der Waals surface area contributed by atoms with Crippen molar-refractivity contribution in [2.75, 3.05) is 6.61 Å². The van der Waals surface area contributed by atoms with Gasteiger partial charge in [0.1, 0.15) is 6.61 Å². The minimum absolute atomic E-state index is 0.258. The number of ether oxygens (including phenoxy) is 2. The second-order valence-electron chi connectivity index (χ2n) is 7.14. The molecule has 0 aliphatic rings. The van der Waals surface area contributed by atoms with Crippen molar-refractivity contribution in [3.8, 4) is 11.5 Å². The molecule has 0 saturated heterocycles. The third-order valence-electron chi connectivity index (χ3n) is 4.92. The standard InChI is InChI=1S/C27H24N2O3/c1-2-31-26-17-21(15-16-25(26)32-19-20-9-4-3-5-10-20)18-28-29-27(30)24-14-8-12-22-11-6-7-13-23(22)24/h3-18H,2,19H2,1H3,(H,29,30)/b28-18-. The molecule has 0 unspecified atom stereocenters. The summed E-state index contributed by atoms with van der Waals surface area (Å²) in [6, 6.07) is 28.9. The molecule has 0 fully saturated rings. The highest BCUT2D eigenvalue weighted by Crippen LogP contribution is 2.29. The van der Waals surface area contributed by atoms with Crippen LogP contribution in [0, 0.1) is 0 Å². The number of nitrogens with one attached hydrogen (secondary N) is 1. The highest BCUT2D eigenvalue weighted by molar-refractivity contribution is 6.07. The Morgan fingerprint density at radius 2 is 1.66 bits per heavy atom. The van der Waals surface area contributed by atoms with Gasteiger partial charge in [0.2, 0.25) is 0 Å². The number of fused-ring (bicyclic) bond motifs is 1. The molecule has 160 valence electrons. The van der Waals surface area contributed by atoms with Crippen LogP contribution in [-0.2, 0) is 6.61 Å². The summed E-state index contributed by atoms with van der Waals surface area (Å²) in [7, 11) is 0. The van der Waals surface area contributed by atoms with Crippen LogP contribution in [0.5, 0.6) is 11.5 Å². The van der Waals surface area contributed by atoms with Crippen LogP contribution in [0.4, 0.5) is 0 Å². The number of carbonyl (C=O) groups is 1. The zero-order valence-corrected chi connectivity index (χ0v) is 17.8. The van der Waals surface area contributed by atoms with Crippen LogP contribution in [0.25, 0.3) is 10.8 Å². The molecule has 0 spiro atoms. The minimum Gasteiger partial charge on any atom is -0.490 e. The van der Waals surface area contributed by atoms with Crippen molar-refractivity contribution in [2.24, 2.45) is 5.10 Å². The molecule has 1 N–H and O–H groups in total. The molecule has 0 aromatic heterocycles. The number of nitrogens with zero attached hydrogens (tertiary/aromatic N) is 1. The van der Waals surface area contributed by atoms with E-state index in [-0.39, 0.29) is 5.91 Å². The lowest BCUT2D eigenvalue weighted by Crippen LogP contribution is -2.17. The van der Waals surface area contributed by atoms with Crippen molar-refractivity contribution in [1.82, 2.24) is 5.43 Å². The largest absolute Gasteiger partial charge is 0.490 e. The van der Waals surface area contributed by atoms with Gasteiger partial charge in [-0.1, -0.05) is 66.7 Å².